The normalized spacial score (nSPS) is 10.4. The third-order valence-corrected chi connectivity index (χ3v) is 3.27. The lowest BCUT2D eigenvalue weighted by Gasteiger charge is -2.09. The second-order valence-electron chi connectivity index (χ2n) is 4.36. The molecule has 2 aromatic carbocycles. The van der Waals surface area contributed by atoms with Crippen LogP contribution in [-0.4, -0.2) is 5.91 Å². The molecular formula is C15H12ClF2NO. The van der Waals surface area contributed by atoms with Crippen molar-refractivity contribution >= 4 is 17.5 Å². The molecule has 0 aromatic heterocycles. The second-order valence-corrected chi connectivity index (χ2v) is 4.76. The van der Waals surface area contributed by atoms with Crippen molar-refractivity contribution in [3.63, 3.8) is 0 Å². The molecule has 20 heavy (non-hydrogen) atoms. The quantitative estimate of drug-likeness (QED) is 0.856. The summed E-state index contributed by atoms with van der Waals surface area (Å²) in [4.78, 5) is 11.9. The number of hydrogen-bond donors (Lipinski definition) is 1. The average Bonchev–Trinajstić information content (AvgIpc) is 2.41. The minimum atomic E-state index is -1.10. The monoisotopic (exact) mass is 295 g/mol. The lowest BCUT2D eigenvalue weighted by molar-refractivity contribution is 0.0950. The number of benzene rings is 2. The van der Waals surface area contributed by atoms with Crippen LogP contribution in [0.15, 0.2) is 36.4 Å². The molecule has 2 rings (SSSR count). The Balaban J connectivity index is 2.13. The Morgan fingerprint density at radius 3 is 2.55 bits per heavy atom. The van der Waals surface area contributed by atoms with Gasteiger partial charge in [-0.15, -0.1) is 0 Å². The maximum atomic E-state index is 13.1. The van der Waals surface area contributed by atoms with E-state index in [1.807, 2.05) is 31.2 Å². The van der Waals surface area contributed by atoms with Crippen molar-refractivity contribution in [1.29, 1.82) is 0 Å². The van der Waals surface area contributed by atoms with Crippen LogP contribution in [0.25, 0.3) is 0 Å². The highest BCUT2D eigenvalue weighted by Crippen LogP contribution is 2.20. The van der Waals surface area contributed by atoms with Gasteiger partial charge < -0.3 is 5.32 Å². The lowest BCUT2D eigenvalue weighted by Crippen LogP contribution is -2.23. The Morgan fingerprint density at radius 1 is 1.20 bits per heavy atom. The summed E-state index contributed by atoms with van der Waals surface area (Å²) < 4.78 is 26.1. The molecule has 0 aliphatic carbocycles. The fourth-order valence-electron chi connectivity index (χ4n) is 1.78. The van der Waals surface area contributed by atoms with E-state index in [0.29, 0.717) is 6.54 Å². The molecule has 1 amide bonds. The molecular weight excluding hydrogens is 284 g/mol. The number of nitrogens with one attached hydrogen (secondary N) is 1. The van der Waals surface area contributed by atoms with Crippen molar-refractivity contribution in [1.82, 2.24) is 5.32 Å². The lowest BCUT2D eigenvalue weighted by atomic mass is 10.1. The third kappa shape index (κ3) is 3.14. The van der Waals surface area contributed by atoms with Gasteiger partial charge in [-0.25, -0.2) is 8.78 Å². The van der Waals surface area contributed by atoms with Crippen LogP contribution in [0.5, 0.6) is 0 Å². The van der Waals surface area contributed by atoms with Crippen LogP contribution in [0.4, 0.5) is 8.78 Å². The Morgan fingerprint density at radius 2 is 1.85 bits per heavy atom. The summed E-state index contributed by atoms with van der Waals surface area (Å²) in [5, 5.41) is 2.51. The molecule has 0 bridgehead atoms. The molecule has 5 heteroatoms. The average molecular weight is 296 g/mol. The number of hydrogen-bond acceptors (Lipinski definition) is 1. The molecule has 0 aliphatic rings. The van der Waals surface area contributed by atoms with Crippen LogP contribution in [0.3, 0.4) is 0 Å². The summed E-state index contributed by atoms with van der Waals surface area (Å²) in [5.74, 6) is -2.72. The predicted octanol–water partition coefficient (Wildman–Crippen LogP) is 3.86. The van der Waals surface area contributed by atoms with Gasteiger partial charge in [0.25, 0.3) is 5.91 Å². The molecule has 0 saturated carbocycles. The Bertz CT molecular complexity index is 658. The predicted molar refractivity (Wildman–Crippen MR) is 73.7 cm³/mol. The Labute approximate surface area is 120 Å². The molecule has 104 valence electrons. The third-order valence-electron chi connectivity index (χ3n) is 2.96. The van der Waals surface area contributed by atoms with Gasteiger partial charge in [-0.3, -0.25) is 4.79 Å². The van der Waals surface area contributed by atoms with Gasteiger partial charge in [0.05, 0.1) is 10.6 Å². The molecule has 0 radical (unpaired) electrons. The SMILES string of the molecule is Cc1ccccc1CNC(=O)c1cc(F)c(F)cc1Cl. The molecule has 1 N–H and O–H groups in total. The van der Waals surface area contributed by atoms with Gasteiger partial charge in [0.15, 0.2) is 11.6 Å². The summed E-state index contributed by atoms with van der Waals surface area (Å²) in [6.07, 6.45) is 0. The van der Waals surface area contributed by atoms with Crippen molar-refractivity contribution in [2.75, 3.05) is 0 Å². The minimum absolute atomic E-state index is 0.0841. The smallest absolute Gasteiger partial charge is 0.253 e. The molecule has 2 nitrogen and oxygen atoms in total. The summed E-state index contributed by atoms with van der Waals surface area (Å²) in [6, 6.07) is 9.14. The van der Waals surface area contributed by atoms with Crippen molar-refractivity contribution in [2.45, 2.75) is 13.5 Å². The number of halogens is 3. The van der Waals surface area contributed by atoms with Crippen LogP contribution in [-0.2, 0) is 6.54 Å². The summed E-state index contributed by atoms with van der Waals surface area (Å²) >= 11 is 5.74. The van der Waals surface area contributed by atoms with Gasteiger partial charge in [-0.05, 0) is 30.2 Å². The first-order valence-corrected chi connectivity index (χ1v) is 6.34. The maximum absolute atomic E-state index is 13.1. The molecule has 0 heterocycles. The summed E-state index contributed by atoms with van der Waals surface area (Å²) in [5.41, 5.74) is 1.89. The molecule has 0 saturated heterocycles. The molecule has 0 aliphatic heterocycles. The number of carbonyl (C=O) groups excluding carboxylic acids is 1. The number of carbonyl (C=O) groups is 1. The highest BCUT2D eigenvalue weighted by molar-refractivity contribution is 6.33. The van der Waals surface area contributed by atoms with E-state index in [0.717, 1.165) is 23.3 Å². The number of rotatable bonds is 3. The zero-order valence-electron chi connectivity index (χ0n) is 10.7. The number of aryl methyl sites for hydroxylation is 1. The maximum Gasteiger partial charge on any atom is 0.253 e. The number of amides is 1. The first kappa shape index (κ1) is 14.5. The topological polar surface area (TPSA) is 29.1 Å². The Kier molecular flexibility index (Phi) is 4.35. The summed E-state index contributed by atoms with van der Waals surface area (Å²) in [7, 11) is 0. The van der Waals surface area contributed by atoms with Gasteiger partial charge >= 0.3 is 0 Å². The van der Waals surface area contributed by atoms with Crippen LogP contribution in [0.2, 0.25) is 5.02 Å². The van der Waals surface area contributed by atoms with Crippen LogP contribution >= 0.6 is 11.6 Å². The zero-order chi connectivity index (χ0) is 14.7. The molecule has 0 spiro atoms. The van der Waals surface area contributed by atoms with Gasteiger partial charge in [0.2, 0.25) is 0 Å². The largest absolute Gasteiger partial charge is 0.348 e. The molecule has 0 atom stereocenters. The highest BCUT2D eigenvalue weighted by atomic mass is 35.5. The second kappa shape index (κ2) is 6.01. The molecule has 0 fully saturated rings. The Hall–Kier alpha value is -1.94. The van der Waals surface area contributed by atoms with E-state index < -0.39 is 17.5 Å². The van der Waals surface area contributed by atoms with E-state index in [-0.39, 0.29) is 10.6 Å². The van der Waals surface area contributed by atoms with Gasteiger partial charge in [-0.1, -0.05) is 35.9 Å². The van der Waals surface area contributed by atoms with Crippen LogP contribution in [0, 0.1) is 18.6 Å². The van der Waals surface area contributed by atoms with Crippen LogP contribution in [0.1, 0.15) is 21.5 Å². The van der Waals surface area contributed by atoms with Crippen LogP contribution < -0.4 is 5.32 Å². The standard InChI is InChI=1S/C15H12ClF2NO/c1-9-4-2-3-5-10(9)8-19-15(20)11-6-13(17)14(18)7-12(11)16/h2-7H,8H2,1H3,(H,19,20). The van der Waals surface area contributed by atoms with E-state index in [2.05, 4.69) is 5.32 Å². The minimum Gasteiger partial charge on any atom is -0.348 e. The zero-order valence-corrected chi connectivity index (χ0v) is 11.5. The van der Waals surface area contributed by atoms with Gasteiger partial charge in [0.1, 0.15) is 0 Å². The molecule has 2 aromatic rings. The van der Waals surface area contributed by atoms with Crippen molar-refractivity contribution < 1.29 is 13.6 Å². The van der Waals surface area contributed by atoms with E-state index >= 15 is 0 Å². The van der Waals surface area contributed by atoms with E-state index in [4.69, 9.17) is 11.6 Å². The fraction of sp³-hybridized carbons (Fsp3) is 0.133. The van der Waals surface area contributed by atoms with E-state index in [1.165, 1.54) is 0 Å². The van der Waals surface area contributed by atoms with E-state index in [9.17, 15) is 13.6 Å². The summed E-state index contributed by atoms with van der Waals surface area (Å²) in [6.45, 7) is 2.22. The first-order chi connectivity index (χ1) is 9.49. The van der Waals surface area contributed by atoms with Gasteiger partial charge in [-0.2, -0.15) is 0 Å². The van der Waals surface area contributed by atoms with Crippen molar-refractivity contribution in [3.8, 4) is 0 Å². The van der Waals surface area contributed by atoms with Crippen molar-refractivity contribution in [2.24, 2.45) is 0 Å². The van der Waals surface area contributed by atoms with E-state index in [1.54, 1.807) is 0 Å². The molecule has 0 unspecified atom stereocenters. The van der Waals surface area contributed by atoms with Gasteiger partial charge in [0, 0.05) is 6.54 Å². The van der Waals surface area contributed by atoms with Crippen molar-refractivity contribution in [3.05, 3.63) is 69.7 Å². The fourth-order valence-corrected chi connectivity index (χ4v) is 2.01. The highest BCUT2D eigenvalue weighted by Gasteiger charge is 2.14. The first-order valence-electron chi connectivity index (χ1n) is 5.96.